The Morgan fingerprint density at radius 2 is 1.69 bits per heavy atom. The fourth-order valence-electron chi connectivity index (χ4n) is 3.61. The lowest BCUT2D eigenvalue weighted by Gasteiger charge is -2.15. The first-order valence-electron chi connectivity index (χ1n) is 10.3. The second kappa shape index (κ2) is 9.39. The Bertz CT molecular complexity index is 1220. The van der Waals surface area contributed by atoms with Crippen LogP contribution in [0, 0.1) is 6.92 Å². The van der Waals surface area contributed by atoms with Crippen molar-refractivity contribution in [1.82, 2.24) is 9.78 Å². The predicted molar refractivity (Wildman–Crippen MR) is 125 cm³/mol. The van der Waals surface area contributed by atoms with E-state index in [2.05, 4.69) is 22.5 Å². The Kier molecular flexibility index (Phi) is 6.22. The van der Waals surface area contributed by atoms with Crippen LogP contribution < -0.4 is 14.8 Å². The lowest BCUT2D eigenvalue weighted by atomic mass is 9.98. The van der Waals surface area contributed by atoms with Crippen molar-refractivity contribution in [3.8, 4) is 22.6 Å². The standard InChI is InChI=1S/C26H25N3O3/c1-18-15-24(31-2)25(32-3)16-23(18)28-26(30)22-8-5-4-7-21(22)20-11-9-19(10-12-20)17-29-14-6-13-27-29/h4-16H,17H2,1-3H3,(H,28,30). The summed E-state index contributed by atoms with van der Waals surface area (Å²) < 4.78 is 12.6. The van der Waals surface area contributed by atoms with Crippen molar-refractivity contribution in [1.29, 1.82) is 0 Å². The molecule has 0 radical (unpaired) electrons. The molecule has 3 aromatic carbocycles. The smallest absolute Gasteiger partial charge is 0.256 e. The summed E-state index contributed by atoms with van der Waals surface area (Å²) in [7, 11) is 3.16. The van der Waals surface area contributed by atoms with Crippen LogP contribution in [0.2, 0.25) is 0 Å². The van der Waals surface area contributed by atoms with Crippen LogP contribution in [0.25, 0.3) is 11.1 Å². The average Bonchev–Trinajstić information content (AvgIpc) is 3.33. The Labute approximate surface area is 187 Å². The third-order valence-corrected chi connectivity index (χ3v) is 5.32. The molecular weight excluding hydrogens is 402 g/mol. The van der Waals surface area contributed by atoms with Gasteiger partial charge in [0.15, 0.2) is 11.5 Å². The lowest BCUT2D eigenvalue weighted by molar-refractivity contribution is 0.102. The number of benzene rings is 3. The highest BCUT2D eigenvalue weighted by Crippen LogP contribution is 2.33. The number of hydrogen-bond acceptors (Lipinski definition) is 4. The summed E-state index contributed by atoms with van der Waals surface area (Å²) in [5.74, 6) is 1.00. The molecule has 4 rings (SSSR count). The summed E-state index contributed by atoms with van der Waals surface area (Å²) in [6.45, 7) is 2.62. The number of nitrogens with one attached hydrogen (secondary N) is 1. The summed E-state index contributed by atoms with van der Waals surface area (Å²) in [5.41, 5.74) is 5.15. The molecule has 6 nitrogen and oxygen atoms in total. The number of anilines is 1. The molecule has 0 saturated carbocycles. The van der Waals surface area contributed by atoms with Gasteiger partial charge >= 0.3 is 0 Å². The SMILES string of the molecule is COc1cc(C)c(NC(=O)c2ccccc2-c2ccc(Cn3cccn3)cc2)cc1OC. The zero-order valence-corrected chi connectivity index (χ0v) is 18.3. The van der Waals surface area contributed by atoms with Gasteiger partial charge in [0.05, 0.1) is 20.8 Å². The van der Waals surface area contributed by atoms with E-state index in [9.17, 15) is 4.79 Å². The molecule has 0 aliphatic carbocycles. The zero-order valence-electron chi connectivity index (χ0n) is 18.3. The molecule has 0 atom stereocenters. The van der Waals surface area contributed by atoms with Crippen molar-refractivity contribution >= 4 is 11.6 Å². The first-order chi connectivity index (χ1) is 15.6. The van der Waals surface area contributed by atoms with Crippen LogP contribution in [0.15, 0.2) is 79.1 Å². The van der Waals surface area contributed by atoms with E-state index >= 15 is 0 Å². The van der Waals surface area contributed by atoms with E-state index in [0.29, 0.717) is 29.3 Å². The molecule has 0 aliphatic heterocycles. The van der Waals surface area contributed by atoms with Gasteiger partial charge in [0.1, 0.15) is 0 Å². The summed E-state index contributed by atoms with van der Waals surface area (Å²) in [6.07, 6.45) is 3.70. The van der Waals surface area contributed by atoms with E-state index in [0.717, 1.165) is 22.3 Å². The van der Waals surface area contributed by atoms with E-state index in [1.165, 1.54) is 0 Å². The number of nitrogens with zero attached hydrogens (tertiary/aromatic N) is 2. The van der Waals surface area contributed by atoms with E-state index < -0.39 is 0 Å². The Morgan fingerprint density at radius 1 is 0.969 bits per heavy atom. The minimum absolute atomic E-state index is 0.184. The molecule has 1 amide bonds. The number of carbonyl (C=O) groups is 1. The number of amides is 1. The van der Waals surface area contributed by atoms with Crippen LogP contribution in [-0.2, 0) is 6.54 Å². The van der Waals surface area contributed by atoms with Gasteiger partial charge in [-0.2, -0.15) is 5.10 Å². The molecular formula is C26H25N3O3. The molecule has 0 fully saturated rings. The fraction of sp³-hybridized carbons (Fsp3) is 0.154. The van der Waals surface area contributed by atoms with Crippen LogP contribution in [0.3, 0.4) is 0 Å². The minimum atomic E-state index is -0.184. The zero-order chi connectivity index (χ0) is 22.5. The quantitative estimate of drug-likeness (QED) is 0.442. The Morgan fingerprint density at radius 3 is 2.38 bits per heavy atom. The predicted octanol–water partition coefficient (Wildman–Crippen LogP) is 5.18. The van der Waals surface area contributed by atoms with Gasteiger partial charge < -0.3 is 14.8 Å². The topological polar surface area (TPSA) is 65.4 Å². The Hall–Kier alpha value is -4.06. The molecule has 0 saturated heterocycles. The van der Waals surface area contributed by atoms with Gasteiger partial charge in [-0.25, -0.2) is 0 Å². The molecule has 1 aromatic heterocycles. The van der Waals surface area contributed by atoms with Crippen LogP contribution in [-0.4, -0.2) is 29.9 Å². The van der Waals surface area contributed by atoms with Crippen LogP contribution in [0.1, 0.15) is 21.5 Å². The highest BCUT2D eigenvalue weighted by atomic mass is 16.5. The highest BCUT2D eigenvalue weighted by Gasteiger charge is 2.16. The van der Waals surface area contributed by atoms with Crippen molar-refractivity contribution in [3.63, 3.8) is 0 Å². The number of ether oxygens (including phenoxy) is 2. The molecule has 0 unspecified atom stereocenters. The lowest BCUT2D eigenvalue weighted by Crippen LogP contribution is -2.14. The largest absolute Gasteiger partial charge is 0.493 e. The third kappa shape index (κ3) is 4.49. The molecule has 0 bridgehead atoms. The van der Waals surface area contributed by atoms with Crippen LogP contribution in [0.5, 0.6) is 11.5 Å². The molecule has 4 aromatic rings. The van der Waals surface area contributed by atoms with E-state index in [4.69, 9.17) is 9.47 Å². The molecule has 32 heavy (non-hydrogen) atoms. The van der Waals surface area contributed by atoms with Crippen molar-refractivity contribution in [2.75, 3.05) is 19.5 Å². The first-order valence-corrected chi connectivity index (χ1v) is 10.3. The second-order valence-electron chi connectivity index (χ2n) is 7.42. The van der Waals surface area contributed by atoms with Gasteiger partial charge in [0.2, 0.25) is 0 Å². The van der Waals surface area contributed by atoms with Crippen molar-refractivity contribution in [2.24, 2.45) is 0 Å². The molecule has 0 spiro atoms. The highest BCUT2D eigenvalue weighted by molar-refractivity contribution is 6.09. The second-order valence-corrected chi connectivity index (χ2v) is 7.42. The summed E-state index contributed by atoms with van der Waals surface area (Å²) in [5, 5.41) is 7.26. The number of aryl methyl sites for hydroxylation is 1. The third-order valence-electron chi connectivity index (χ3n) is 5.32. The van der Waals surface area contributed by atoms with Crippen molar-refractivity contribution in [2.45, 2.75) is 13.5 Å². The fourth-order valence-corrected chi connectivity index (χ4v) is 3.61. The molecule has 1 N–H and O–H groups in total. The van der Waals surface area contributed by atoms with Crippen molar-refractivity contribution in [3.05, 3.63) is 95.8 Å². The monoisotopic (exact) mass is 427 g/mol. The number of hydrogen-bond donors (Lipinski definition) is 1. The maximum absolute atomic E-state index is 13.2. The molecule has 0 aliphatic rings. The number of methoxy groups -OCH3 is 2. The van der Waals surface area contributed by atoms with E-state index in [1.54, 1.807) is 26.5 Å². The van der Waals surface area contributed by atoms with Gasteiger partial charge in [-0.1, -0.05) is 42.5 Å². The summed E-state index contributed by atoms with van der Waals surface area (Å²) >= 11 is 0. The van der Waals surface area contributed by atoms with Gasteiger partial charge in [0, 0.05) is 29.7 Å². The maximum Gasteiger partial charge on any atom is 0.256 e. The van der Waals surface area contributed by atoms with Crippen molar-refractivity contribution < 1.29 is 14.3 Å². The van der Waals surface area contributed by atoms with E-state index in [-0.39, 0.29) is 5.91 Å². The summed E-state index contributed by atoms with van der Waals surface area (Å²) in [6, 6.07) is 21.3. The number of carbonyl (C=O) groups excluding carboxylic acids is 1. The normalized spacial score (nSPS) is 10.6. The van der Waals surface area contributed by atoms with E-state index in [1.807, 2.05) is 66.3 Å². The molecule has 162 valence electrons. The maximum atomic E-state index is 13.2. The Balaban J connectivity index is 1.59. The average molecular weight is 428 g/mol. The van der Waals surface area contributed by atoms with Crippen LogP contribution >= 0.6 is 0 Å². The minimum Gasteiger partial charge on any atom is -0.493 e. The van der Waals surface area contributed by atoms with Gasteiger partial charge in [-0.3, -0.25) is 9.48 Å². The first kappa shape index (κ1) is 21.2. The number of rotatable bonds is 7. The van der Waals surface area contributed by atoms with Gasteiger partial charge in [-0.05, 0) is 47.4 Å². The van der Waals surface area contributed by atoms with Gasteiger partial charge in [-0.15, -0.1) is 0 Å². The summed E-state index contributed by atoms with van der Waals surface area (Å²) in [4.78, 5) is 13.2. The van der Waals surface area contributed by atoms with Crippen LogP contribution in [0.4, 0.5) is 5.69 Å². The molecule has 6 heteroatoms. The van der Waals surface area contributed by atoms with Gasteiger partial charge in [0.25, 0.3) is 5.91 Å². The number of aromatic nitrogens is 2. The molecule has 1 heterocycles.